The molecule has 1 aromatic carbocycles. The van der Waals surface area contributed by atoms with Gasteiger partial charge in [0.2, 0.25) is 0 Å². The van der Waals surface area contributed by atoms with Gasteiger partial charge in [-0.25, -0.2) is 0 Å². The van der Waals surface area contributed by atoms with E-state index in [1.54, 1.807) is 0 Å². The van der Waals surface area contributed by atoms with Crippen LogP contribution in [0.1, 0.15) is 57.9 Å². The molecule has 0 atom stereocenters. The first-order valence-corrected chi connectivity index (χ1v) is 8.40. The van der Waals surface area contributed by atoms with E-state index in [0.717, 1.165) is 31.2 Å². The molecule has 23 heavy (non-hydrogen) atoms. The molecule has 1 rings (SSSR count). The number of unbranched alkanes of at least 4 members (excludes halogenated alkanes) is 2. The number of ether oxygens (including phenoxy) is 2. The monoisotopic (exact) mass is 320 g/mol. The number of carbonyl (C=O) groups is 2. The maximum absolute atomic E-state index is 12.7. The van der Waals surface area contributed by atoms with Gasteiger partial charge in [-0.3, -0.25) is 9.59 Å². The van der Waals surface area contributed by atoms with Crippen LogP contribution in [0.5, 0.6) is 0 Å². The van der Waals surface area contributed by atoms with E-state index in [4.69, 9.17) is 9.47 Å². The first kappa shape index (κ1) is 19.2. The van der Waals surface area contributed by atoms with E-state index in [9.17, 15) is 9.59 Å². The van der Waals surface area contributed by atoms with Gasteiger partial charge in [0.05, 0.1) is 7.11 Å². The van der Waals surface area contributed by atoms with Crippen LogP contribution in [0.2, 0.25) is 0 Å². The van der Waals surface area contributed by atoms with Gasteiger partial charge in [-0.15, -0.1) is 0 Å². The van der Waals surface area contributed by atoms with Gasteiger partial charge < -0.3 is 9.47 Å². The van der Waals surface area contributed by atoms with Crippen LogP contribution >= 0.6 is 0 Å². The molecule has 4 heteroatoms. The van der Waals surface area contributed by atoms with Gasteiger partial charge >= 0.3 is 11.9 Å². The lowest BCUT2D eigenvalue weighted by atomic mass is 9.78. The third kappa shape index (κ3) is 5.38. The summed E-state index contributed by atoms with van der Waals surface area (Å²) in [4.78, 5) is 25.1. The number of benzene rings is 1. The van der Waals surface area contributed by atoms with Crippen LogP contribution in [0.15, 0.2) is 30.3 Å². The maximum atomic E-state index is 12.7. The minimum absolute atomic E-state index is 0.177. The highest BCUT2D eigenvalue weighted by Gasteiger charge is 2.47. The molecule has 0 unspecified atom stereocenters. The van der Waals surface area contributed by atoms with Crippen LogP contribution in [0.3, 0.4) is 0 Å². The van der Waals surface area contributed by atoms with Crippen molar-refractivity contribution < 1.29 is 19.1 Å². The van der Waals surface area contributed by atoms with E-state index in [2.05, 4.69) is 0 Å². The summed E-state index contributed by atoms with van der Waals surface area (Å²) in [5.41, 5.74) is -0.263. The smallest absolute Gasteiger partial charge is 0.323 e. The molecular weight excluding hydrogens is 292 g/mol. The Morgan fingerprint density at radius 3 is 2.00 bits per heavy atom. The van der Waals surface area contributed by atoms with E-state index < -0.39 is 17.4 Å². The number of methoxy groups -OCH3 is 1. The predicted octanol–water partition coefficient (Wildman–Crippen LogP) is 4.27. The standard InChI is InChI=1S/C19H28O4/c1-4-6-13-19(14-7-5-2,17(20)22-3)18(21)23-15-16-11-9-8-10-12-16/h8-12H,4-7,13-15H2,1-3H3. The van der Waals surface area contributed by atoms with Crippen molar-refractivity contribution in [3.63, 3.8) is 0 Å². The fourth-order valence-corrected chi connectivity index (χ4v) is 2.63. The Bertz CT molecular complexity index is 473. The average molecular weight is 320 g/mol. The zero-order chi connectivity index (χ0) is 17.1. The van der Waals surface area contributed by atoms with Crippen molar-refractivity contribution >= 4 is 11.9 Å². The lowest BCUT2D eigenvalue weighted by molar-refractivity contribution is -0.173. The highest BCUT2D eigenvalue weighted by molar-refractivity contribution is 6.00. The first-order valence-electron chi connectivity index (χ1n) is 8.40. The van der Waals surface area contributed by atoms with E-state index in [-0.39, 0.29) is 6.61 Å². The molecule has 0 spiro atoms. The second-order valence-electron chi connectivity index (χ2n) is 5.84. The molecule has 0 saturated carbocycles. The molecular formula is C19H28O4. The van der Waals surface area contributed by atoms with Crippen molar-refractivity contribution in [2.45, 2.75) is 59.0 Å². The van der Waals surface area contributed by atoms with Gasteiger partial charge in [-0.2, -0.15) is 0 Å². The highest BCUT2D eigenvalue weighted by atomic mass is 16.6. The lowest BCUT2D eigenvalue weighted by Crippen LogP contribution is -2.41. The summed E-state index contributed by atoms with van der Waals surface area (Å²) in [5, 5.41) is 0. The second kappa shape index (κ2) is 10.0. The fraction of sp³-hybridized carbons (Fsp3) is 0.579. The van der Waals surface area contributed by atoms with Crippen molar-refractivity contribution in [2.75, 3.05) is 7.11 Å². The summed E-state index contributed by atoms with van der Waals surface area (Å²) in [6.07, 6.45) is 4.36. The molecule has 0 saturated heterocycles. The zero-order valence-electron chi connectivity index (χ0n) is 14.5. The Labute approximate surface area is 139 Å². The lowest BCUT2D eigenvalue weighted by Gasteiger charge is -2.28. The number of esters is 2. The van der Waals surface area contributed by atoms with Crippen molar-refractivity contribution in [3.05, 3.63) is 35.9 Å². The molecule has 0 heterocycles. The Balaban J connectivity index is 2.89. The van der Waals surface area contributed by atoms with E-state index >= 15 is 0 Å². The Hall–Kier alpha value is -1.84. The van der Waals surface area contributed by atoms with Crippen LogP contribution in [-0.2, 0) is 25.7 Å². The number of rotatable bonds is 10. The summed E-state index contributed by atoms with van der Waals surface area (Å²) in [5.74, 6) is -0.937. The summed E-state index contributed by atoms with van der Waals surface area (Å²) >= 11 is 0. The van der Waals surface area contributed by atoms with E-state index in [1.165, 1.54) is 7.11 Å². The van der Waals surface area contributed by atoms with Gasteiger partial charge in [0.25, 0.3) is 0 Å². The minimum atomic E-state index is -1.17. The van der Waals surface area contributed by atoms with Crippen molar-refractivity contribution in [3.8, 4) is 0 Å². The third-order valence-electron chi connectivity index (χ3n) is 4.09. The van der Waals surface area contributed by atoms with Crippen LogP contribution in [0.25, 0.3) is 0 Å². The van der Waals surface area contributed by atoms with Crippen molar-refractivity contribution in [1.82, 2.24) is 0 Å². The molecule has 128 valence electrons. The fourth-order valence-electron chi connectivity index (χ4n) is 2.63. The van der Waals surface area contributed by atoms with Gasteiger partial charge in [-0.1, -0.05) is 69.9 Å². The SMILES string of the molecule is CCCCC(CCCC)(C(=O)OC)C(=O)OCc1ccccc1. The Morgan fingerprint density at radius 2 is 1.52 bits per heavy atom. The number of carbonyl (C=O) groups excluding carboxylic acids is 2. The first-order chi connectivity index (χ1) is 11.1. The number of hydrogen-bond donors (Lipinski definition) is 0. The van der Waals surface area contributed by atoms with Gasteiger partial charge in [0.15, 0.2) is 5.41 Å². The average Bonchev–Trinajstić information content (AvgIpc) is 2.60. The second-order valence-corrected chi connectivity index (χ2v) is 5.84. The molecule has 0 aliphatic carbocycles. The normalized spacial score (nSPS) is 11.1. The predicted molar refractivity (Wildman–Crippen MR) is 89.7 cm³/mol. The van der Waals surface area contributed by atoms with Crippen LogP contribution in [0.4, 0.5) is 0 Å². The molecule has 0 radical (unpaired) electrons. The quantitative estimate of drug-likeness (QED) is 0.477. The minimum Gasteiger partial charge on any atom is -0.468 e. The van der Waals surface area contributed by atoms with Gasteiger partial charge in [-0.05, 0) is 18.4 Å². The summed E-state index contributed by atoms with van der Waals surface area (Å²) in [7, 11) is 1.33. The highest BCUT2D eigenvalue weighted by Crippen LogP contribution is 2.34. The molecule has 0 aromatic heterocycles. The topological polar surface area (TPSA) is 52.6 Å². The van der Waals surface area contributed by atoms with Gasteiger partial charge in [0, 0.05) is 0 Å². The molecule has 1 aromatic rings. The summed E-state index contributed by atoms with van der Waals surface area (Å²) in [6.45, 7) is 4.25. The van der Waals surface area contributed by atoms with Crippen LogP contribution < -0.4 is 0 Å². The molecule has 0 fully saturated rings. The van der Waals surface area contributed by atoms with Crippen LogP contribution in [-0.4, -0.2) is 19.0 Å². The third-order valence-corrected chi connectivity index (χ3v) is 4.09. The van der Waals surface area contributed by atoms with Crippen molar-refractivity contribution in [2.24, 2.45) is 5.41 Å². The maximum Gasteiger partial charge on any atom is 0.323 e. The van der Waals surface area contributed by atoms with E-state index in [0.29, 0.717) is 12.8 Å². The van der Waals surface area contributed by atoms with Gasteiger partial charge in [0.1, 0.15) is 6.61 Å². The Kier molecular flexibility index (Phi) is 8.38. The summed E-state index contributed by atoms with van der Waals surface area (Å²) in [6, 6.07) is 9.48. The van der Waals surface area contributed by atoms with Crippen LogP contribution in [0, 0.1) is 5.41 Å². The molecule has 0 bridgehead atoms. The molecule has 0 N–H and O–H groups in total. The number of hydrogen-bond acceptors (Lipinski definition) is 4. The van der Waals surface area contributed by atoms with E-state index in [1.807, 2.05) is 44.2 Å². The molecule has 0 aliphatic heterocycles. The molecule has 0 amide bonds. The van der Waals surface area contributed by atoms with Crippen molar-refractivity contribution in [1.29, 1.82) is 0 Å². The summed E-state index contributed by atoms with van der Waals surface area (Å²) < 4.78 is 10.4. The molecule has 4 nitrogen and oxygen atoms in total. The zero-order valence-corrected chi connectivity index (χ0v) is 14.5. The largest absolute Gasteiger partial charge is 0.468 e. The molecule has 0 aliphatic rings. The Morgan fingerprint density at radius 1 is 0.957 bits per heavy atom.